The van der Waals surface area contributed by atoms with Gasteiger partial charge in [0.2, 0.25) is 0 Å². The SMILES string of the molecule is O=C(CC1CN(C(=O)O)CCC1=O)c1ccc(Br)cc1. The van der Waals surface area contributed by atoms with Crippen molar-refractivity contribution in [3.05, 3.63) is 34.3 Å². The zero-order chi connectivity index (χ0) is 14.7. The van der Waals surface area contributed by atoms with Crippen LogP contribution in [0.15, 0.2) is 28.7 Å². The topological polar surface area (TPSA) is 74.7 Å². The molecule has 0 spiro atoms. The minimum absolute atomic E-state index is 0.0343. The van der Waals surface area contributed by atoms with Gasteiger partial charge in [0, 0.05) is 41.9 Å². The Morgan fingerprint density at radius 1 is 1.30 bits per heavy atom. The molecular weight excluding hydrogens is 326 g/mol. The van der Waals surface area contributed by atoms with E-state index in [2.05, 4.69) is 15.9 Å². The van der Waals surface area contributed by atoms with E-state index in [0.29, 0.717) is 5.56 Å². The van der Waals surface area contributed by atoms with Gasteiger partial charge < -0.3 is 10.0 Å². The lowest BCUT2D eigenvalue weighted by Gasteiger charge is -2.29. The van der Waals surface area contributed by atoms with Crippen LogP contribution in [-0.4, -0.2) is 40.8 Å². The number of carboxylic acid groups (broad SMARTS) is 1. The van der Waals surface area contributed by atoms with Crippen molar-refractivity contribution in [1.82, 2.24) is 4.90 Å². The largest absolute Gasteiger partial charge is 0.465 e. The number of Topliss-reactive ketones (excluding diaryl/α,β-unsaturated/α-hetero) is 2. The van der Waals surface area contributed by atoms with E-state index in [-0.39, 0.29) is 37.5 Å². The summed E-state index contributed by atoms with van der Waals surface area (Å²) < 4.78 is 0.875. The molecule has 0 bridgehead atoms. The van der Waals surface area contributed by atoms with Gasteiger partial charge in [0.1, 0.15) is 5.78 Å². The van der Waals surface area contributed by atoms with Gasteiger partial charge in [-0.25, -0.2) is 4.79 Å². The minimum atomic E-state index is -1.04. The Morgan fingerprint density at radius 2 is 1.95 bits per heavy atom. The number of ketones is 2. The predicted octanol–water partition coefficient (Wildman–Crippen LogP) is 2.59. The average molecular weight is 340 g/mol. The smallest absolute Gasteiger partial charge is 0.407 e. The van der Waals surface area contributed by atoms with Gasteiger partial charge in [-0.1, -0.05) is 28.1 Å². The molecule has 2 rings (SSSR count). The van der Waals surface area contributed by atoms with Crippen molar-refractivity contribution >= 4 is 33.6 Å². The van der Waals surface area contributed by atoms with Gasteiger partial charge in [0.15, 0.2) is 5.78 Å². The summed E-state index contributed by atoms with van der Waals surface area (Å²) in [5.74, 6) is -0.702. The quantitative estimate of drug-likeness (QED) is 0.859. The van der Waals surface area contributed by atoms with Gasteiger partial charge in [-0.3, -0.25) is 9.59 Å². The number of carbonyl (C=O) groups excluding carboxylic acids is 2. The van der Waals surface area contributed by atoms with Crippen molar-refractivity contribution in [1.29, 1.82) is 0 Å². The van der Waals surface area contributed by atoms with Crippen molar-refractivity contribution in [2.45, 2.75) is 12.8 Å². The second-order valence-electron chi connectivity index (χ2n) is 4.78. The standard InChI is InChI=1S/C14H14BrNO4/c15-11-3-1-9(2-4-11)13(18)7-10-8-16(14(19)20)6-5-12(10)17/h1-4,10H,5-8H2,(H,19,20). The number of likely N-dealkylation sites (tertiary alicyclic amines) is 1. The summed E-state index contributed by atoms with van der Waals surface area (Å²) in [4.78, 5) is 36.0. The molecule has 1 aromatic carbocycles. The maximum absolute atomic E-state index is 12.1. The summed E-state index contributed by atoms with van der Waals surface area (Å²) in [6, 6.07) is 6.91. The normalized spacial score (nSPS) is 18.9. The fourth-order valence-corrected chi connectivity index (χ4v) is 2.50. The molecule has 1 amide bonds. The maximum Gasteiger partial charge on any atom is 0.407 e. The average Bonchev–Trinajstić information content (AvgIpc) is 2.41. The molecule has 1 atom stereocenters. The molecule has 1 unspecified atom stereocenters. The van der Waals surface area contributed by atoms with Crippen LogP contribution in [-0.2, 0) is 4.79 Å². The summed E-state index contributed by atoms with van der Waals surface area (Å²) in [5, 5.41) is 8.95. The van der Waals surface area contributed by atoms with Crippen LogP contribution in [0.3, 0.4) is 0 Å². The Kier molecular flexibility index (Phi) is 4.54. The summed E-state index contributed by atoms with van der Waals surface area (Å²) in [7, 11) is 0. The van der Waals surface area contributed by atoms with Gasteiger partial charge in [0.25, 0.3) is 0 Å². The molecule has 106 valence electrons. The van der Waals surface area contributed by atoms with Crippen molar-refractivity contribution in [3.8, 4) is 0 Å². The Labute approximate surface area is 124 Å². The van der Waals surface area contributed by atoms with Gasteiger partial charge in [0.05, 0.1) is 0 Å². The lowest BCUT2D eigenvalue weighted by atomic mass is 9.90. The molecule has 1 aromatic rings. The van der Waals surface area contributed by atoms with E-state index < -0.39 is 12.0 Å². The van der Waals surface area contributed by atoms with Crippen LogP contribution in [0.2, 0.25) is 0 Å². The van der Waals surface area contributed by atoms with E-state index in [1.165, 1.54) is 4.90 Å². The summed E-state index contributed by atoms with van der Waals surface area (Å²) in [6.45, 7) is 0.327. The Hall–Kier alpha value is -1.69. The van der Waals surface area contributed by atoms with Gasteiger partial charge >= 0.3 is 6.09 Å². The maximum atomic E-state index is 12.1. The first-order valence-electron chi connectivity index (χ1n) is 6.26. The van der Waals surface area contributed by atoms with Crippen molar-refractivity contribution in [2.75, 3.05) is 13.1 Å². The van der Waals surface area contributed by atoms with Crippen molar-refractivity contribution in [3.63, 3.8) is 0 Å². The molecular formula is C14H14BrNO4. The number of piperidine rings is 1. The molecule has 0 saturated carbocycles. The van der Waals surface area contributed by atoms with Crippen molar-refractivity contribution < 1.29 is 19.5 Å². The van der Waals surface area contributed by atoms with Crippen LogP contribution in [0.4, 0.5) is 4.79 Å². The second kappa shape index (κ2) is 6.17. The number of hydrogen-bond donors (Lipinski definition) is 1. The highest BCUT2D eigenvalue weighted by molar-refractivity contribution is 9.10. The molecule has 1 aliphatic rings. The molecule has 1 heterocycles. The first kappa shape index (κ1) is 14.7. The number of hydrogen-bond acceptors (Lipinski definition) is 3. The molecule has 1 fully saturated rings. The molecule has 5 nitrogen and oxygen atoms in total. The number of rotatable bonds is 3. The number of benzene rings is 1. The molecule has 0 aromatic heterocycles. The number of carbonyl (C=O) groups is 3. The van der Waals surface area contributed by atoms with E-state index in [0.717, 1.165) is 4.47 Å². The van der Waals surface area contributed by atoms with Crippen LogP contribution >= 0.6 is 15.9 Å². The third-order valence-electron chi connectivity index (χ3n) is 3.39. The highest BCUT2D eigenvalue weighted by Gasteiger charge is 2.31. The van der Waals surface area contributed by atoms with E-state index in [1.807, 2.05) is 0 Å². The van der Waals surface area contributed by atoms with Crippen LogP contribution in [0.1, 0.15) is 23.2 Å². The Bertz CT molecular complexity index is 541. The van der Waals surface area contributed by atoms with E-state index in [1.54, 1.807) is 24.3 Å². The molecule has 1 aliphatic heterocycles. The fourth-order valence-electron chi connectivity index (χ4n) is 2.24. The number of halogens is 1. The zero-order valence-electron chi connectivity index (χ0n) is 10.7. The Morgan fingerprint density at radius 3 is 2.55 bits per heavy atom. The van der Waals surface area contributed by atoms with Crippen molar-refractivity contribution in [2.24, 2.45) is 5.92 Å². The fraction of sp³-hybridized carbons (Fsp3) is 0.357. The molecule has 0 radical (unpaired) electrons. The lowest BCUT2D eigenvalue weighted by molar-refractivity contribution is -0.125. The molecule has 1 N–H and O–H groups in total. The highest BCUT2D eigenvalue weighted by atomic mass is 79.9. The van der Waals surface area contributed by atoms with E-state index >= 15 is 0 Å². The Balaban J connectivity index is 2.04. The van der Waals surface area contributed by atoms with Gasteiger partial charge in [-0.15, -0.1) is 0 Å². The van der Waals surface area contributed by atoms with E-state index in [9.17, 15) is 14.4 Å². The zero-order valence-corrected chi connectivity index (χ0v) is 12.3. The minimum Gasteiger partial charge on any atom is -0.465 e. The first-order chi connectivity index (χ1) is 9.47. The second-order valence-corrected chi connectivity index (χ2v) is 5.69. The summed E-state index contributed by atoms with van der Waals surface area (Å²) >= 11 is 3.29. The summed E-state index contributed by atoms with van der Waals surface area (Å²) in [6.07, 6.45) is -0.798. The molecule has 1 saturated heterocycles. The molecule has 20 heavy (non-hydrogen) atoms. The molecule has 0 aliphatic carbocycles. The van der Waals surface area contributed by atoms with Crippen LogP contribution in [0, 0.1) is 5.92 Å². The predicted molar refractivity (Wildman–Crippen MR) is 75.8 cm³/mol. The molecule has 6 heteroatoms. The van der Waals surface area contributed by atoms with Gasteiger partial charge in [-0.05, 0) is 12.1 Å². The van der Waals surface area contributed by atoms with Crippen LogP contribution < -0.4 is 0 Å². The number of nitrogens with zero attached hydrogens (tertiary/aromatic N) is 1. The first-order valence-corrected chi connectivity index (χ1v) is 7.06. The highest BCUT2D eigenvalue weighted by Crippen LogP contribution is 2.20. The van der Waals surface area contributed by atoms with E-state index in [4.69, 9.17) is 5.11 Å². The third-order valence-corrected chi connectivity index (χ3v) is 3.92. The summed E-state index contributed by atoms with van der Waals surface area (Å²) in [5.41, 5.74) is 0.536. The monoisotopic (exact) mass is 339 g/mol. The lowest BCUT2D eigenvalue weighted by Crippen LogP contribution is -2.44. The van der Waals surface area contributed by atoms with Crippen LogP contribution in [0.5, 0.6) is 0 Å². The van der Waals surface area contributed by atoms with Crippen LogP contribution in [0.25, 0.3) is 0 Å². The third kappa shape index (κ3) is 3.45. The van der Waals surface area contributed by atoms with Gasteiger partial charge in [-0.2, -0.15) is 0 Å². The number of amides is 1.